The van der Waals surface area contributed by atoms with Crippen LogP contribution in [0, 0.1) is 17.0 Å². The number of anilines is 1. The van der Waals surface area contributed by atoms with Crippen LogP contribution < -0.4 is 4.90 Å². The predicted molar refractivity (Wildman–Crippen MR) is 127 cm³/mol. The summed E-state index contributed by atoms with van der Waals surface area (Å²) < 4.78 is 0. The first kappa shape index (κ1) is 22.4. The quantitative estimate of drug-likeness (QED) is 0.412. The average Bonchev–Trinajstić information content (AvgIpc) is 2.83. The van der Waals surface area contributed by atoms with E-state index < -0.39 is 4.92 Å². The zero-order valence-electron chi connectivity index (χ0n) is 19.1. The molecule has 0 fully saturated rings. The molecule has 0 saturated heterocycles. The van der Waals surface area contributed by atoms with Crippen molar-refractivity contribution in [3.63, 3.8) is 0 Å². The second kappa shape index (κ2) is 9.36. The largest absolute Gasteiger partial charge is 0.359 e. The number of carbonyl (C=O) groups is 1. The molecule has 3 aromatic rings. The lowest BCUT2D eigenvalue weighted by molar-refractivity contribution is -0.385. The Morgan fingerprint density at radius 3 is 2.64 bits per heavy atom. The summed E-state index contributed by atoms with van der Waals surface area (Å²) >= 11 is 0. The molecule has 33 heavy (non-hydrogen) atoms. The second-order valence-electron chi connectivity index (χ2n) is 8.32. The Kier molecular flexibility index (Phi) is 6.35. The van der Waals surface area contributed by atoms with Crippen LogP contribution in [0.4, 0.5) is 11.5 Å². The fourth-order valence-electron chi connectivity index (χ4n) is 4.17. The van der Waals surface area contributed by atoms with E-state index in [1.165, 1.54) is 6.07 Å². The third-order valence-corrected chi connectivity index (χ3v) is 5.93. The molecule has 4 rings (SSSR count). The standard InChI is InChI=1S/C25H27N5O3/c1-4-13-28(3)24-20-16-29(25(31)19-11-10-17(2)22(15-19)30(32)33)14-12-21(20)26-23(27-24)18-8-6-5-7-9-18/h5-11,15H,4,12-14,16H2,1-3H3. The molecule has 0 atom stereocenters. The number of amides is 1. The Balaban J connectivity index is 1.70. The molecule has 2 heterocycles. The lowest BCUT2D eigenvalue weighted by atomic mass is 10.0. The van der Waals surface area contributed by atoms with E-state index in [0.717, 1.165) is 35.6 Å². The van der Waals surface area contributed by atoms with Crippen LogP contribution in [0.25, 0.3) is 11.4 Å². The summed E-state index contributed by atoms with van der Waals surface area (Å²) in [7, 11) is 2.00. The normalized spacial score (nSPS) is 12.9. The number of nitro groups is 1. The van der Waals surface area contributed by atoms with E-state index in [9.17, 15) is 14.9 Å². The monoisotopic (exact) mass is 445 g/mol. The molecule has 1 amide bonds. The van der Waals surface area contributed by atoms with Crippen molar-refractivity contribution < 1.29 is 9.72 Å². The highest BCUT2D eigenvalue weighted by Crippen LogP contribution is 2.30. The van der Waals surface area contributed by atoms with Crippen LogP contribution in [-0.4, -0.2) is 45.8 Å². The number of hydrogen-bond donors (Lipinski definition) is 0. The van der Waals surface area contributed by atoms with Gasteiger partial charge in [0.15, 0.2) is 5.82 Å². The molecular formula is C25H27N5O3. The van der Waals surface area contributed by atoms with Crippen LogP contribution in [0.3, 0.4) is 0 Å². The maximum absolute atomic E-state index is 13.2. The molecule has 1 aromatic heterocycles. The van der Waals surface area contributed by atoms with Crippen molar-refractivity contribution >= 4 is 17.4 Å². The zero-order chi connectivity index (χ0) is 23.5. The number of aryl methyl sites for hydroxylation is 1. The van der Waals surface area contributed by atoms with Crippen molar-refractivity contribution in [3.05, 3.63) is 81.0 Å². The Morgan fingerprint density at radius 2 is 1.94 bits per heavy atom. The Morgan fingerprint density at radius 1 is 1.18 bits per heavy atom. The van der Waals surface area contributed by atoms with Gasteiger partial charge in [0.05, 0.1) is 17.2 Å². The number of hydrogen-bond acceptors (Lipinski definition) is 6. The number of nitro benzene ring substituents is 1. The first-order valence-corrected chi connectivity index (χ1v) is 11.1. The van der Waals surface area contributed by atoms with Gasteiger partial charge in [-0.25, -0.2) is 9.97 Å². The van der Waals surface area contributed by atoms with Crippen LogP contribution in [0.2, 0.25) is 0 Å². The van der Waals surface area contributed by atoms with Crippen molar-refractivity contribution in [2.75, 3.05) is 25.0 Å². The molecule has 170 valence electrons. The Labute approximate surface area is 193 Å². The van der Waals surface area contributed by atoms with Gasteiger partial charge in [0.1, 0.15) is 5.82 Å². The second-order valence-corrected chi connectivity index (χ2v) is 8.32. The van der Waals surface area contributed by atoms with Gasteiger partial charge in [-0.05, 0) is 19.4 Å². The summed E-state index contributed by atoms with van der Waals surface area (Å²) in [6.45, 7) is 5.48. The summed E-state index contributed by atoms with van der Waals surface area (Å²) in [6.07, 6.45) is 1.57. The van der Waals surface area contributed by atoms with Crippen molar-refractivity contribution in [2.24, 2.45) is 0 Å². The van der Waals surface area contributed by atoms with Crippen molar-refractivity contribution in [3.8, 4) is 11.4 Å². The van der Waals surface area contributed by atoms with Crippen molar-refractivity contribution in [1.82, 2.24) is 14.9 Å². The van der Waals surface area contributed by atoms with Gasteiger partial charge < -0.3 is 9.80 Å². The lowest BCUT2D eigenvalue weighted by Crippen LogP contribution is -2.38. The highest BCUT2D eigenvalue weighted by Gasteiger charge is 2.28. The minimum atomic E-state index is -0.450. The fourth-order valence-corrected chi connectivity index (χ4v) is 4.17. The van der Waals surface area contributed by atoms with Crippen molar-refractivity contribution in [2.45, 2.75) is 33.2 Å². The van der Waals surface area contributed by atoms with Crippen LogP contribution in [0.5, 0.6) is 0 Å². The molecule has 0 spiro atoms. The SMILES string of the molecule is CCCN(C)c1nc(-c2ccccc2)nc2c1CN(C(=O)c1ccc(C)c([N+](=O)[O-])c1)CC2. The van der Waals surface area contributed by atoms with Gasteiger partial charge in [0.2, 0.25) is 0 Å². The minimum absolute atomic E-state index is 0.0440. The van der Waals surface area contributed by atoms with E-state index in [4.69, 9.17) is 9.97 Å². The van der Waals surface area contributed by atoms with Gasteiger partial charge >= 0.3 is 0 Å². The third-order valence-electron chi connectivity index (χ3n) is 5.93. The number of benzene rings is 2. The Bertz CT molecular complexity index is 1200. The van der Waals surface area contributed by atoms with Crippen LogP contribution in [0.15, 0.2) is 48.5 Å². The summed E-state index contributed by atoms with van der Waals surface area (Å²) in [5.74, 6) is 1.29. The smallest absolute Gasteiger partial charge is 0.273 e. The third kappa shape index (κ3) is 4.55. The molecule has 0 aliphatic carbocycles. The molecule has 0 unspecified atom stereocenters. The van der Waals surface area contributed by atoms with Gasteiger partial charge in [-0.15, -0.1) is 0 Å². The van der Waals surface area contributed by atoms with Gasteiger partial charge in [-0.2, -0.15) is 0 Å². The molecule has 0 bridgehead atoms. The first-order chi connectivity index (χ1) is 15.9. The number of rotatable bonds is 6. The van der Waals surface area contributed by atoms with Crippen molar-refractivity contribution in [1.29, 1.82) is 0 Å². The molecule has 1 aliphatic rings. The number of nitrogens with zero attached hydrogens (tertiary/aromatic N) is 5. The zero-order valence-corrected chi connectivity index (χ0v) is 19.1. The molecule has 1 aliphatic heterocycles. The number of aromatic nitrogens is 2. The summed E-state index contributed by atoms with van der Waals surface area (Å²) in [6, 6.07) is 14.5. The molecule has 8 heteroatoms. The van der Waals surface area contributed by atoms with E-state index in [1.807, 2.05) is 37.4 Å². The topological polar surface area (TPSA) is 92.5 Å². The van der Waals surface area contributed by atoms with E-state index in [2.05, 4.69) is 11.8 Å². The van der Waals surface area contributed by atoms with Crippen LogP contribution in [-0.2, 0) is 13.0 Å². The van der Waals surface area contributed by atoms with E-state index >= 15 is 0 Å². The van der Waals surface area contributed by atoms with Crippen LogP contribution >= 0.6 is 0 Å². The van der Waals surface area contributed by atoms with Gasteiger partial charge in [-0.3, -0.25) is 14.9 Å². The van der Waals surface area contributed by atoms with E-state index in [-0.39, 0.29) is 11.6 Å². The first-order valence-electron chi connectivity index (χ1n) is 11.1. The molecule has 0 radical (unpaired) electrons. The van der Waals surface area contributed by atoms with E-state index in [0.29, 0.717) is 36.5 Å². The highest BCUT2D eigenvalue weighted by molar-refractivity contribution is 5.95. The predicted octanol–water partition coefficient (Wildman–Crippen LogP) is 4.40. The van der Waals surface area contributed by atoms with Gasteiger partial charge in [0.25, 0.3) is 11.6 Å². The summed E-state index contributed by atoms with van der Waals surface area (Å²) in [4.78, 5) is 37.7. The maximum atomic E-state index is 13.2. The molecule has 0 N–H and O–H groups in total. The molecule has 8 nitrogen and oxygen atoms in total. The molecular weight excluding hydrogens is 418 g/mol. The highest BCUT2D eigenvalue weighted by atomic mass is 16.6. The number of carbonyl (C=O) groups excluding carboxylic acids is 1. The Hall–Kier alpha value is -3.81. The van der Waals surface area contributed by atoms with Crippen LogP contribution in [0.1, 0.15) is 40.5 Å². The fraction of sp³-hybridized carbons (Fsp3) is 0.320. The summed E-state index contributed by atoms with van der Waals surface area (Å²) in [5.41, 5.74) is 3.65. The number of fused-ring (bicyclic) bond motifs is 1. The molecule has 0 saturated carbocycles. The maximum Gasteiger partial charge on any atom is 0.273 e. The molecule has 2 aromatic carbocycles. The minimum Gasteiger partial charge on any atom is -0.359 e. The average molecular weight is 446 g/mol. The summed E-state index contributed by atoms with van der Waals surface area (Å²) in [5, 5.41) is 11.3. The van der Waals surface area contributed by atoms with Gasteiger partial charge in [-0.1, -0.05) is 43.3 Å². The van der Waals surface area contributed by atoms with Gasteiger partial charge in [0, 0.05) is 54.9 Å². The lowest BCUT2D eigenvalue weighted by Gasteiger charge is -2.32. The van der Waals surface area contributed by atoms with E-state index in [1.54, 1.807) is 24.0 Å².